The molecule has 0 atom stereocenters. The van der Waals surface area contributed by atoms with Crippen LogP contribution >= 0.6 is 11.6 Å². The first-order chi connectivity index (χ1) is 11.6. The van der Waals surface area contributed by atoms with Gasteiger partial charge in [0.2, 0.25) is 5.91 Å². The number of aromatic carboxylic acids is 1. The molecule has 0 aliphatic rings. The van der Waals surface area contributed by atoms with E-state index in [1.54, 1.807) is 20.8 Å². The molecular formula is C17H23ClN2O5. The lowest BCUT2D eigenvalue weighted by Gasteiger charge is -2.19. The van der Waals surface area contributed by atoms with Crippen LogP contribution in [0.1, 0.15) is 50.4 Å². The molecule has 1 aromatic carbocycles. The Morgan fingerprint density at radius 1 is 1.20 bits per heavy atom. The van der Waals surface area contributed by atoms with E-state index < -0.39 is 17.7 Å². The third kappa shape index (κ3) is 8.39. The highest BCUT2D eigenvalue weighted by molar-refractivity contribution is 6.33. The Hall–Kier alpha value is -2.28. The molecule has 0 bridgehead atoms. The molecule has 1 aromatic rings. The maximum absolute atomic E-state index is 11.9. The third-order valence-electron chi connectivity index (χ3n) is 2.99. The van der Waals surface area contributed by atoms with Gasteiger partial charge < -0.3 is 20.5 Å². The van der Waals surface area contributed by atoms with Crippen molar-refractivity contribution in [3.05, 3.63) is 28.8 Å². The van der Waals surface area contributed by atoms with Crippen molar-refractivity contribution in [1.82, 2.24) is 5.32 Å². The van der Waals surface area contributed by atoms with E-state index in [0.717, 1.165) is 0 Å². The quantitative estimate of drug-likeness (QED) is 0.635. The van der Waals surface area contributed by atoms with Crippen molar-refractivity contribution >= 4 is 35.3 Å². The Morgan fingerprint density at radius 3 is 2.48 bits per heavy atom. The van der Waals surface area contributed by atoms with Gasteiger partial charge in [-0.15, -0.1) is 0 Å². The van der Waals surface area contributed by atoms with Gasteiger partial charge in [-0.05, 0) is 51.8 Å². The fourth-order valence-electron chi connectivity index (χ4n) is 1.88. The molecule has 8 heteroatoms. The molecule has 0 unspecified atom stereocenters. The lowest BCUT2D eigenvalue weighted by Crippen LogP contribution is -2.33. The zero-order valence-electron chi connectivity index (χ0n) is 14.5. The van der Waals surface area contributed by atoms with Crippen LogP contribution < -0.4 is 10.6 Å². The minimum absolute atomic E-state index is 0.0428. The first-order valence-electron chi connectivity index (χ1n) is 7.88. The molecule has 1 rings (SSSR count). The van der Waals surface area contributed by atoms with Gasteiger partial charge in [0.15, 0.2) is 0 Å². The van der Waals surface area contributed by atoms with Crippen molar-refractivity contribution < 1.29 is 24.2 Å². The van der Waals surface area contributed by atoms with Crippen molar-refractivity contribution in [2.75, 3.05) is 11.9 Å². The Bertz CT molecular complexity index is 640. The molecule has 0 spiro atoms. The Balaban J connectivity index is 2.33. The predicted octanol–water partition coefficient (Wildman–Crippen LogP) is 3.67. The number of carbonyl (C=O) groups is 3. The highest BCUT2D eigenvalue weighted by Crippen LogP contribution is 2.23. The van der Waals surface area contributed by atoms with Gasteiger partial charge >= 0.3 is 12.1 Å². The van der Waals surface area contributed by atoms with Crippen molar-refractivity contribution in [2.24, 2.45) is 0 Å². The number of alkyl carbamates (subject to hydrolysis) is 1. The maximum atomic E-state index is 11.9. The molecule has 2 amide bonds. The average molecular weight is 371 g/mol. The number of benzene rings is 1. The van der Waals surface area contributed by atoms with Gasteiger partial charge in [0.25, 0.3) is 0 Å². The van der Waals surface area contributed by atoms with Crippen LogP contribution in [0.4, 0.5) is 10.5 Å². The van der Waals surface area contributed by atoms with Gasteiger partial charge in [0.05, 0.1) is 16.3 Å². The second-order valence-corrected chi connectivity index (χ2v) is 6.84. The molecule has 0 heterocycles. The molecule has 7 nitrogen and oxygen atoms in total. The van der Waals surface area contributed by atoms with Crippen molar-refractivity contribution in [1.29, 1.82) is 0 Å². The summed E-state index contributed by atoms with van der Waals surface area (Å²) in [4.78, 5) is 34.3. The van der Waals surface area contributed by atoms with E-state index in [1.807, 2.05) is 0 Å². The molecule has 0 aliphatic heterocycles. The zero-order chi connectivity index (χ0) is 19.0. The summed E-state index contributed by atoms with van der Waals surface area (Å²) in [6, 6.07) is 4.10. The van der Waals surface area contributed by atoms with Gasteiger partial charge in [0, 0.05) is 13.0 Å². The number of carboxylic acids is 1. The van der Waals surface area contributed by atoms with Crippen LogP contribution in [0.5, 0.6) is 0 Å². The van der Waals surface area contributed by atoms with Gasteiger partial charge in [0.1, 0.15) is 5.60 Å². The number of halogens is 1. The van der Waals surface area contributed by atoms with E-state index in [4.69, 9.17) is 21.4 Å². The number of hydrogen-bond donors (Lipinski definition) is 3. The summed E-state index contributed by atoms with van der Waals surface area (Å²) in [5, 5.41) is 14.4. The molecule has 25 heavy (non-hydrogen) atoms. The Labute approximate surface area is 151 Å². The van der Waals surface area contributed by atoms with Gasteiger partial charge in [-0.3, -0.25) is 4.79 Å². The van der Waals surface area contributed by atoms with Crippen molar-refractivity contribution in [2.45, 2.75) is 45.6 Å². The number of rotatable bonds is 7. The number of amides is 2. The van der Waals surface area contributed by atoms with Crippen LogP contribution in [-0.4, -0.2) is 35.2 Å². The minimum Gasteiger partial charge on any atom is -0.478 e. The van der Waals surface area contributed by atoms with Crippen LogP contribution in [0.25, 0.3) is 0 Å². The molecule has 0 aliphatic carbocycles. The van der Waals surface area contributed by atoms with Gasteiger partial charge in [-0.2, -0.15) is 0 Å². The molecular weight excluding hydrogens is 348 g/mol. The van der Waals surface area contributed by atoms with Crippen LogP contribution in [0, 0.1) is 0 Å². The number of hydrogen-bond acceptors (Lipinski definition) is 4. The molecule has 0 aromatic heterocycles. The SMILES string of the molecule is CC(C)(C)OC(=O)NCCCCC(=O)Nc1cc(C(=O)O)ccc1Cl. The average Bonchev–Trinajstić information content (AvgIpc) is 2.47. The second-order valence-electron chi connectivity index (χ2n) is 6.43. The highest BCUT2D eigenvalue weighted by Gasteiger charge is 2.15. The molecule has 0 saturated heterocycles. The molecule has 0 radical (unpaired) electrons. The Morgan fingerprint density at radius 2 is 1.88 bits per heavy atom. The monoisotopic (exact) mass is 370 g/mol. The topological polar surface area (TPSA) is 105 Å². The summed E-state index contributed by atoms with van der Waals surface area (Å²) in [5.74, 6) is -1.37. The molecule has 138 valence electrons. The second kappa shape index (κ2) is 9.27. The number of nitrogens with one attached hydrogen (secondary N) is 2. The smallest absolute Gasteiger partial charge is 0.407 e. The molecule has 3 N–H and O–H groups in total. The fourth-order valence-corrected chi connectivity index (χ4v) is 2.05. The molecule has 0 saturated carbocycles. The van der Waals surface area contributed by atoms with Crippen LogP contribution in [-0.2, 0) is 9.53 Å². The largest absolute Gasteiger partial charge is 0.478 e. The number of carboxylic acid groups (broad SMARTS) is 1. The summed E-state index contributed by atoms with van der Waals surface area (Å²) < 4.78 is 5.10. The van der Waals surface area contributed by atoms with Crippen LogP contribution in [0.15, 0.2) is 18.2 Å². The minimum atomic E-state index is -1.10. The number of ether oxygens (including phenoxy) is 1. The fraction of sp³-hybridized carbons (Fsp3) is 0.471. The van der Waals surface area contributed by atoms with Gasteiger partial charge in [-0.1, -0.05) is 11.6 Å². The van der Waals surface area contributed by atoms with E-state index in [2.05, 4.69) is 10.6 Å². The third-order valence-corrected chi connectivity index (χ3v) is 3.32. The van der Waals surface area contributed by atoms with Crippen molar-refractivity contribution in [3.63, 3.8) is 0 Å². The number of carbonyl (C=O) groups excluding carboxylic acids is 2. The lowest BCUT2D eigenvalue weighted by atomic mass is 10.2. The predicted molar refractivity (Wildman–Crippen MR) is 95.1 cm³/mol. The zero-order valence-corrected chi connectivity index (χ0v) is 15.3. The first kappa shape index (κ1) is 20.8. The van der Waals surface area contributed by atoms with Crippen LogP contribution in [0.2, 0.25) is 5.02 Å². The summed E-state index contributed by atoms with van der Waals surface area (Å²) in [6.45, 7) is 5.74. The summed E-state index contributed by atoms with van der Waals surface area (Å²) in [7, 11) is 0. The summed E-state index contributed by atoms with van der Waals surface area (Å²) in [6.07, 6.45) is 0.895. The van der Waals surface area contributed by atoms with E-state index in [-0.39, 0.29) is 28.6 Å². The standard InChI is InChI=1S/C17H23ClN2O5/c1-17(2,3)25-16(24)19-9-5-4-6-14(21)20-13-10-11(15(22)23)7-8-12(13)18/h7-8,10H,4-6,9H2,1-3H3,(H,19,24)(H,20,21)(H,22,23). The summed E-state index contributed by atoms with van der Waals surface area (Å²) >= 11 is 5.95. The number of anilines is 1. The maximum Gasteiger partial charge on any atom is 0.407 e. The van der Waals surface area contributed by atoms with Crippen LogP contribution in [0.3, 0.4) is 0 Å². The van der Waals surface area contributed by atoms with E-state index in [1.165, 1.54) is 18.2 Å². The highest BCUT2D eigenvalue weighted by atomic mass is 35.5. The van der Waals surface area contributed by atoms with Crippen molar-refractivity contribution in [3.8, 4) is 0 Å². The normalized spacial score (nSPS) is 10.9. The van der Waals surface area contributed by atoms with E-state index >= 15 is 0 Å². The number of unbranched alkanes of at least 4 members (excludes halogenated alkanes) is 1. The Kier molecular flexibility index (Phi) is 7.70. The summed E-state index contributed by atoms with van der Waals surface area (Å²) in [5.41, 5.74) is -0.243. The molecule has 0 fully saturated rings. The van der Waals surface area contributed by atoms with E-state index in [9.17, 15) is 14.4 Å². The lowest BCUT2D eigenvalue weighted by molar-refractivity contribution is -0.116. The first-order valence-corrected chi connectivity index (χ1v) is 8.26. The van der Waals surface area contributed by atoms with E-state index in [0.29, 0.717) is 19.4 Å². The van der Waals surface area contributed by atoms with Gasteiger partial charge in [-0.25, -0.2) is 9.59 Å².